The van der Waals surface area contributed by atoms with Crippen molar-refractivity contribution in [2.24, 2.45) is 5.92 Å². The van der Waals surface area contributed by atoms with Crippen molar-refractivity contribution in [3.8, 4) is 0 Å². The van der Waals surface area contributed by atoms with E-state index in [2.05, 4.69) is 15.9 Å². The van der Waals surface area contributed by atoms with E-state index in [1.807, 2.05) is 0 Å². The Hall–Kier alpha value is 0.390. The molecule has 0 aliphatic carbocycles. The van der Waals surface area contributed by atoms with Gasteiger partial charge in [-0.05, 0) is 25.2 Å². The first kappa shape index (κ1) is 12.5. The maximum Gasteiger partial charge on any atom is 0.147 e. The van der Waals surface area contributed by atoms with E-state index in [0.29, 0.717) is 16.5 Å². The van der Waals surface area contributed by atoms with Crippen molar-refractivity contribution < 1.29 is 13.2 Å². The first-order valence-corrected chi connectivity index (χ1v) is 7.86. The molecule has 0 aromatic carbocycles. The number of hydrogen-bond acceptors (Lipinski definition) is 3. The highest BCUT2D eigenvalue weighted by atomic mass is 79.9. The maximum absolute atomic E-state index is 10.9. The van der Waals surface area contributed by atoms with Gasteiger partial charge in [-0.1, -0.05) is 15.9 Å². The standard InChI is InChI=1S/C9H17BrO3S/c1-14(11,12)6-2-3-8-7-13-5-4-9(8)10/h8-9H,2-7H2,1H3. The first-order chi connectivity index (χ1) is 6.49. The summed E-state index contributed by atoms with van der Waals surface area (Å²) in [5.74, 6) is 0.772. The van der Waals surface area contributed by atoms with Crippen molar-refractivity contribution in [3.05, 3.63) is 0 Å². The predicted octanol–water partition coefficient (Wildman–Crippen LogP) is 1.61. The van der Waals surface area contributed by atoms with Gasteiger partial charge in [-0.2, -0.15) is 0 Å². The Morgan fingerprint density at radius 3 is 2.79 bits per heavy atom. The lowest BCUT2D eigenvalue weighted by Crippen LogP contribution is -2.28. The molecule has 3 nitrogen and oxygen atoms in total. The van der Waals surface area contributed by atoms with Crippen LogP contribution in [0.25, 0.3) is 0 Å². The zero-order valence-corrected chi connectivity index (χ0v) is 10.8. The Kier molecular flexibility index (Phi) is 4.87. The minimum absolute atomic E-state index is 0.295. The average molecular weight is 285 g/mol. The lowest BCUT2D eigenvalue weighted by molar-refractivity contribution is 0.0571. The van der Waals surface area contributed by atoms with Crippen molar-refractivity contribution in [2.75, 3.05) is 25.2 Å². The zero-order valence-electron chi connectivity index (χ0n) is 8.41. The summed E-state index contributed by atoms with van der Waals surface area (Å²) in [5.41, 5.74) is 0. The monoisotopic (exact) mass is 284 g/mol. The first-order valence-electron chi connectivity index (χ1n) is 4.88. The molecule has 0 bridgehead atoms. The maximum atomic E-state index is 10.9. The highest BCUT2D eigenvalue weighted by molar-refractivity contribution is 9.09. The third-order valence-corrected chi connectivity index (χ3v) is 4.71. The van der Waals surface area contributed by atoms with Gasteiger partial charge in [-0.3, -0.25) is 0 Å². The van der Waals surface area contributed by atoms with Crippen molar-refractivity contribution in [3.63, 3.8) is 0 Å². The normalized spacial score (nSPS) is 29.0. The summed E-state index contributed by atoms with van der Waals surface area (Å²) in [5, 5.41) is 0. The summed E-state index contributed by atoms with van der Waals surface area (Å²) < 4.78 is 27.2. The second-order valence-electron chi connectivity index (χ2n) is 3.91. The lowest BCUT2D eigenvalue weighted by atomic mass is 9.97. The number of sulfone groups is 1. The quantitative estimate of drug-likeness (QED) is 0.737. The molecule has 1 aliphatic heterocycles. The van der Waals surface area contributed by atoms with Crippen LogP contribution in [0, 0.1) is 5.92 Å². The average Bonchev–Trinajstić information content (AvgIpc) is 2.06. The minimum atomic E-state index is -2.80. The summed E-state index contributed by atoms with van der Waals surface area (Å²) in [6, 6.07) is 0. The van der Waals surface area contributed by atoms with Gasteiger partial charge in [0.2, 0.25) is 0 Å². The third kappa shape index (κ3) is 4.75. The van der Waals surface area contributed by atoms with Crippen LogP contribution in [-0.2, 0) is 14.6 Å². The van der Waals surface area contributed by atoms with Gasteiger partial charge in [0.25, 0.3) is 0 Å². The van der Waals surface area contributed by atoms with Crippen LogP contribution in [0.2, 0.25) is 0 Å². The van der Waals surface area contributed by atoms with Gasteiger partial charge in [-0.15, -0.1) is 0 Å². The summed E-state index contributed by atoms with van der Waals surface area (Å²) in [6.07, 6.45) is 4.00. The molecule has 1 rings (SSSR count). The summed E-state index contributed by atoms with van der Waals surface area (Å²) in [4.78, 5) is 0.496. The predicted molar refractivity (Wildman–Crippen MR) is 60.6 cm³/mol. The number of halogens is 1. The minimum Gasteiger partial charge on any atom is -0.381 e. The Balaban J connectivity index is 2.23. The molecule has 1 aliphatic rings. The van der Waals surface area contributed by atoms with Crippen LogP contribution < -0.4 is 0 Å². The van der Waals surface area contributed by atoms with Gasteiger partial charge in [0.15, 0.2) is 0 Å². The van der Waals surface area contributed by atoms with Gasteiger partial charge < -0.3 is 4.74 Å². The van der Waals surface area contributed by atoms with E-state index >= 15 is 0 Å². The van der Waals surface area contributed by atoms with Gasteiger partial charge >= 0.3 is 0 Å². The molecular weight excluding hydrogens is 268 g/mol. The van der Waals surface area contributed by atoms with Crippen LogP contribution >= 0.6 is 15.9 Å². The van der Waals surface area contributed by atoms with Crippen LogP contribution in [0.15, 0.2) is 0 Å². The largest absolute Gasteiger partial charge is 0.381 e. The molecule has 0 amide bonds. The highest BCUT2D eigenvalue weighted by Gasteiger charge is 2.23. The molecule has 14 heavy (non-hydrogen) atoms. The Bertz CT molecular complexity index is 263. The fraction of sp³-hybridized carbons (Fsp3) is 1.00. The third-order valence-electron chi connectivity index (χ3n) is 2.47. The molecule has 0 aromatic rings. The summed E-state index contributed by atoms with van der Waals surface area (Å²) >= 11 is 3.61. The second kappa shape index (κ2) is 5.47. The molecule has 1 heterocycles. The zero-order chi connectivity index (χ0) is 10.6. The fourth-order valence-electron chi connectivity index (χ4n) is 1.64. The van der Waals surface area contributed by atoms with Crippen LogP contribution in [0.5, 0.6) is 0 Å². The Morgan fingerprint density at radius 2 is 2.21 bits per heavy atom. The summed E-state index contributed by atoms with van der Waals surface area (Å²) in [7, 11) is -2.80. The van der Waals surface area contributed by atoms with Gasteiger partial charge in [0.05, 0.1) is 6.61 Å². The van der Waals surface area contributed by atoms with E-state index in [-0.39, 0.29) is 0 Å². The molecule has 0 N–H and O–H groups in total. The number of alkyl halides is 1. The molecule has 0 spiro atoms. The van der Waals surface area contributed by atoms with Gasteiger partial charge in [0, 0.05) is 23.4 Å². The van der Waals surface area contributed by atoms with Gasteiger partial charge in [-0.25, -0.2) is 8.42 Å². The molecule has 2 unspecified atom stereocenters. The van der Waals surface area contributed by atoms with Crippen molar-refractivity contribution in [1.29, 1.82) is 0 Å². The van der Waals surface area contributed by atoms with E-state index < -0.39 is 9.84 Å². The van der Waals surface area contributed by atoms with Gasteiger partial charge in [0.1, 0.15) is 9.84 Å². The Morgan fingerprint density at radius 1 is 1.50 bits per heavy atom. The fourth-order valence-corrected chi connectivity index (χ4v) is 2.94. The van der Waals surface area contributed by atoms with Crippen LogP contribution in [-0.4, -0.2) is 38.5 Å². The number of hydrogen-bond donors (Lipinski definition) is 0. The topological polar surface area (TPSA) is 43.4 Å². The highest BCUT2D eigenvalue weighted by Crippen LogP contribution is 2.25. The van der Waals surface area contributed by atoms with Crippen LogP contribution in [0.3, 0.4) is 0 Å². The summed E-state index contributed by atoms with van der Waals surface area (Å²) in [6.45, 7) is 1.58. The molecule has 0 radical (unpaired) electrons. The molecule has 0 aromatic heterocycles. The van der Waals surface area contributed by atoms with Crippen LogP contribution in [0.4, 0.5) is 0 Å². The Labute approximate surface area is 94.3 Å². The lowest BCUT2D eigenvalue weighted by Gasteiger charge is -2.27. The number of ether oxygens (including phenoxy) is 1. The molecule has 84 valence electrons. The van der Waals surface area contributed by atoms with E-state index in [1.54, 1.807) is 0 Å². The molecule has 1 fully saturated rings. The smallest absolute Gasteiger partial charge is 0.147 e. The SMILES string of the molecule is CS(=O)(=O)CCCC1COCCC1Br. The second-order valence-corrected chi connectivity index (χ2v) is 7.35. The molecule has 5 heteroatoms. The number of rotatable bonds is 4. The molecular formula is C9H17BrO3S. The van der Waals surface area contributed by atoms with Crippen LogP contribution in [0.1, 0.15) is 19.3 Å². The molecule has 1 saturated heterocycles. The van der Waals surface area contributed by atoms with E-state index in [9.17, 15) is 8.42 Å². The van der Waals surface area contributed by atoms with E-state index in [1.165, 1.54) is 6.26 Å². The molecule has 2 atom stereocenters. The van der Waals surface area contributed by atoms with Crippen molar-refractivity contribution in [1.82, 2.24) is 0 Å². The molecule has 0 saturated carbocycles. The van der Waals surface area contributed by atoms with E-state index in [4.69, 9.17) is 4.74 Å². The van der Waals surface area contributed by atoms with E-state index in [0.717, 1.165) is 32.5 Å². The van der Waals surface area contributed by atoms with Crippen molar-refractivity contribution >= 4 is 25.8 Å². The van der Waals surface area contributed by atoms with Crippen molar-refractivity contribution in [2.45, 2.75) is 24.1 Å².